The van der Waals surface area contributed by atoms with E-state index in [1.54, 1.807) is 0 Å². The lowest BCUT2D eigenvalue weighted by atomic mass is 9.96. The predicted molar refractivity (Wildman–Crippen MR) is 73.3 cm³/mol. The summed E-state index contributed by atoms with van der Waals surface area (Å²) in [5.74, 6) is 0. The van der Waals surface area contributed by atoms with Crippen LogP contribution in [0.3, 0.4) is 0 Å². The molecule has 0 aromatic carbocycles. The Morgan fingerprint density at radius 3 is 2.56 bits per heavy atom. The molecule has 0 heterocycles. The van der Waals surface area contributed by atoms with Crippen molar-refractivity contribution in [3.63, 3.8) is 0 Å². The van der Waals surface area contributed by atoms with E-state index in [1.165, 1.54) is 56.9 Å². The van der Waals surface area contributed by atoms with E-state index in [0.29, 0.717) is 6.04 Å². The van der Waals surface area contributed by atoms with Gasteiger partial charge in [0, 0.05) is 12.3 Å². The van der Waals surface area contributed by atoms with Crippen molar-refractivity contribution in [3.05, 3.63) is 11.6 Å². The summed E-state index contributed by atoms with van der Waals surface area (Å²) in [6.07, 6.45) is 16.2. The Morgan fingerprint density at radius 2 is 1.94 bits per heavy atom. The van der Waals surface area contributed by atoms with Crippen molar-refractivity contribution in [2.45, 2.75) is 77.7 Å². The third kappa shape index (κ3) is 5.48. The Morgan fingerprint density at radius 1 is 1.19 bits per heavy atom. The summed E-state index contributed by atoms with van der Waals surface area (Å²) in [5.41, 5.74) is 1.43. The molecule has 0 saturated heterocycles. The third-order valence-electron chi connectivity index (χ3n) is 3.40. The van der Waals surface area contributed by atoms with Crippen molar-refractivity contribution in [2.24, 2.45) is 4.99 Å². The molecule has 0 spiro atoms. The lowest BCUT2D eigenvalue weighted by Crippen LogP contribution is -2.09. The zero-order valence-electron chi connectivity index (χ0n) is 11.0. The molecule has 0 bridgehead atoms. The Bertz CT molecular complexity index is 222. The quantitative estimate of drug-likeness (QED) is 0.446. The lowest BCUT2D eigenvalue weighted by molar-refractivity contribution is 0.444. The molecule has 1 saturated carbocycles. The van der Waals surface area contributed by atoms with Gasteiger partial charge in [-0.25, -0.2) is 0 Å². The van der Waals surface area contributed by atoms with Crippen LogP contribution in [0.15, 0.2) is 16.6 Å². The topological polar surface area (TPSA) is 12.4 Å². The van der Waals surface area contributed by atoms with E-state index in [9.17, 15) is 0 Å². The molecular formula is C15H27N. The Labute approximate surface area is 101 Å². The first kappa shape index (κ1) is 13.5. The minimum Gasteiger partial charge on any atom is -0.290 e. The average molecular weight is 221 g/mol. The summed E-state index contributed by atoms with van der Waals surface area (Å²) < 4.78 is 0. The highest BCUT2D eigenvalue weighted by atomic mass is 14.8. The van der Waals surface area contributed by atoms with Crippen LogP contribution < -0.4 is 0 Å². The van der Waals surface area contributed by atoms with Crippen LogP contribution in [-0.2, 0) is 0 Å². The van der Waals surface area contributed by atoms with Crippen molar-refractivity contribution in [2.75, 3.05) is 0 Å². The molecule has 1 fully saturated rings. The maximum absolute atomic E-state index is 4.74. The summed E-state index contributed by atoms with van der Waals surface area (Å²) >= 11 is 0. The molecule has 0 radical (unpaired) electrons. The zero-order chi connectivity index (χ0) is 11.6. The van der Waals surface area contributed by atoms with Crippen LogP contribution in [-0.4, -0.2) is 12.3 Å². The molecule has 0 amide bonds. The first-order valence-corrected chi connectivity index (χ1v) is 7.09. The number of unbranched alkanes of at least 4 members (excludes halogenated alkanes) is 2. The van der Waals surface area contributed by atoms with Gasteiger partial charge in [0.25, 0.3) is 0 Å². The monoisotopic (exact) mass is 221 g/mol. The second-order valence-electron chi connectivity index (χ2n) is 4.84. The van der Waals surface area contributed by atoms with E-state index in [2.05, 4.69) is 26.1 Å². The lowest BCUT2D eigenvalue weighted by Gasteiger charge is -2.17. The van der Waals surface area contributed by atoms with Gasteiger partial charge in [0.15, 0.2) is 0 Å². The van der Waals surface area contributed by atoms with Crippen molar-refractivity contribution in [1.82, 2.24) is 0 Å². The Balaban J connectivity index is 2.35. The number of allylic oxidation sites excluding steroid dienone is 2. The second-order valence-corrected chi connectivity index (χ2v) is 4.84. The van der Waals surface area contributed by atoms with Crippen molar-refractivity contribution < 1.29 is 0 Å². The highest BCUT2D eigenvalue weighted by Crippen LogP contribution is 2.20. The minimum absolute atomic E-state index is 0.620. The van der Waals surface area contributed by atoms with E-state index in [1.807, 2.05) is 0 Å². The number of hydrogen-bond acceptors (Lipinski definition) is 1. The molecule has 1 nitrogen and oxygen atoms in total. The first-order valence-electron chi connectivity index (χ1n) is 7.09. The molecular weight excluding hydrogens is 194 g/mol. The van der Waals surface area contributed by atoms with E-state index >= 15 is 0 Å². The Kier molecular flexibility index (Phi) is 7.20. The van der Waals surface area contributed by atoms with E-state index in [4.69, 9.17) is 4.99 Å². The van der Waals surface area contributed by atoms with Crippen LogP contribution in [0.4, 0.5) is 0 Å². The fraction of sp³-hybridized carbons (Fsp3) is 0.800. The number of nitrogens with zero attached hydrogens (tertiary/aromatic N) is 1. The van der Waals surface area contributed by atoms with Crippen LogP contribution in [0.1, 0.15) is 71.6 Å². The SMILES string of the molecule is CCCC/C=C(/C=NC1CCCCC1)CC. The number of aliphatic imine (C=N–C) groups is 1. The molecule has 0 aliphatic heterocycles. The normalized spacial score (nSPS) is 19.5. The van der Waals surface area contributed by atoms with Crippen LogP contribution in [0, 0.1) is 0 Å². The fourth-order valence-corrected chi connectivity index (χ4v) is 2.21. The third-order valence-corrected chi connectivity index (χ3v) is 3.40. The summed E-state index contributed by atoms with van der Waals surface area (Å²) in [4.78, 5) is 4.74. The fourth-order valence-electron chi connectivity index (χ4n) is 2.21. The van der Waals surface area contributed by atoms with Crippen molar-refractivity contribution in [3.8, 4) is 0 Å². The molecule has 0 unspecified atom stereocenters. The minimum atomic E-state index is 0.620. The van der Waals surface area contributed by atoms with Crippen molar-refractivity contribution >= 4 is 6.21 Å². The molecule has 1 aliphatic carbocycles. The zero-order valence-corrected chi connectivity index (χ0v) is 11.0. The van der Waals surface area contributed by atoms with Crippen LogP contribution in [0.25, 0.3) is 0 Å². The summed E-state index contributed by atoms with van der Waals surface area (Å²) in [7, 11) is 0. The van der Waals surface area contributed by atoms with Crippen molar-refractivity contribution in [1.29, 1.82) is 0 Å². The van der Waals surface area contributed by atoms with E-state index in [0.717, 1.165) is 6.42 Å². The number of hydrogen-bond donors (Lipinski definition) is 0. The molecule has 1 rings (SSSR count). The van der Waals surface area contributed by atoms with E-state index in [-0.39, 0.29) is 0 Å². The summed E-state index contributed by atoms with van der Waals surface area (Å²) in [5, 5.41) is 0. The van der Waals surface area contributed by atoms with Crippen LogP contribution in [0.5, 0.6) is 0 Å². The summed E-state index contributed by atoms with van der Waals surface area (Å²) in [6.45, 7) is 4.47. The molecule has 0 aromatic heterocycles. The molecule has 16 heavy (non-hydrogen) atoms. The smallest absolute Gasteiger partial charge is 0.0499 e. The second kappa shape index (κ2) is 8.55. The van der Waals surface area contributed by atoms with Gasteiger partial charge >= 0.3 is 0 Å². The van der Waals surface area contributed by atoms with Gasteiger partial charge in [0.2, 0.25) is 0 Å². The van der Waals surface area contributed by atoms with E-state index < -0.39 is 0 Å². The van der Waals surface area contributed by atoms with Crippen LogP contribution in [0.2, 0.25) is 0 Å². The maximum Gasteiger partial charge on any atom is 0.0499 e. The molecule has 1 aliphatic rings. The highest BCUT2D eigenvalue weighted by Gasteiger charge is 2.10. The van der Waals surface area contributed by atoms with Gasteiger partial charge in [0.05, 0.1) is 0 Å². The molecule has 0 N–H and O–H groups in total. The molecule has 1 heteroatoms. The van der Waals surface area contributed by atoms with Gasteiger partial charge < -0.3 is 0 Å². The van der Waals surface area contributed by atoms with Gasteiger partial charge in [0.1, 0.15) is 0 Å². The molecule has 92 valence electrons. The standard InChI is InChI=1S/C15H27N/c1-3-5-7-10-14(4-2)13-16-15-11-8-6-9-12-15/h10,13,15H,3-9,11-12H2,1-2H3/b14-10+,16-13?. The predicted octanol–water partition coefficient (Wildman–Crippen LogP) is 4.92. The summed E-state index contributed by atoms with van der Waals surface area (Å²) in [6, 6.07) is 0.620. The molecule has 0 aromatic rings. The molecule has 0 atom stereocenters. The van der Waals surface area contributed by atoms with Gasteiger partial charge in [-0.1, -0.05) is 52.0 Å². The maximum atomic E-state index is 4.74. The number of rotatable bonds is 6. The Hall–Kier alpha value is -0.590. The van der Waals surface area contributed by atoms with Gasteiger partial charge in [-0.2, -0.15) is 0 Å². The van der Waals surface area contributed by atoms with Gasteiger partial charge in [-0.15, -0.1) is 0 Å². The first-order chi connectivity index (χ1) is 7.86. The highest BCUT2D eigenvalue weighted by molar-refractivity contribution is 5.78. The van der Waals surface area contributed by atoms with Crippen LogP contribution >= 0.6 is 0 Å². The van der Waals surface area contributed by atoms with Gasteiger partial charge in [-0.3, -0.25) is 4.99 Å². The largest absolute Gasteiger partial charge is 0.290 e. The van der Waals surface area contributed by atoms with Gasteiger partial charge in [-0.05, 0) is 31.3 Å². The average Bonchev–Trinajstić information content (AvgIpc) is 2.35.